The standard InChI is InChI=1S/C16H25N3O5/c1-18-14(23)19(13(22)16(18)5-3-2-4-6-16)9-12(21)17-15(10-20)7-8-24-11-15/h20H,2-11H2,1H3,(H,17,21). The van der Waals surface area contributed by atoms with Crippen LogP contribution in [0, 0.1) is 0 Å². The maximum absolute atomic E-state index is 12.8. The van der Waals surface area contributed by atoms with E-state index in [0.717, 1.165) is 24.2 Å². The van der Waals surface area contributed by atoms with Crippen molar-refractivity contribution < 1.29 is 24.2 Å². The van der Waals surface area contributed by atoms with Crippen molar-refractivity contribution >= 4 is 17.8 Å². The first-order valence-corrected chi connectivity index (χ1v) is 8.54. The number of amides is 4. The Kier molecular flexibility index (Phi) is 4.52. The highest BCUT2D eigenvalue weighted by Gasteiger charge is 2.56. The van der Waals surface area contributed by atoms with E-state index in [9.17, 15) is 19.5 Å². The molecule has 3 fully saturated rings. The number of carbonyl (C=O) groups excluding carboxylic acids is 3. The van der Waals surface area contributed by atoms with Crippen molar-refractivity contribution in [2.24, 2.45) is 0 Å². The summed E-state index contributed by atoms with van der Waals surface area (Å²) in [4.78, 5) is 40.2. The highest BCUT2D eigenvalue weighted by molar-refractivity contribution is 6.09. The number of aliphatic hydroxyl groups is 1. The second-order valence-corrected chi connectivity index (χ2v) is 7.11. The van der Waals surface area contributed by atoms with Crippen LogP contribution in [0.2, 0.25) is 0 Å². The van der Waals surface area contributed by atoms with Crippen molar-refractivity contribution in [3.63, 3.8) is 0 Å². The SMILES string of the molecule is CN1C(=O)N(CC(=O)NC2(CO)CCOC2)C(=O)C12CCCCC2. The molecule has 8 heteroatoms. The molecule has 2 N–H and O–H groups in total. The summed E-state index contributed by atoms with van der Waals surface area (Å²) in [6.45, 7) is 0.158. The Morgan fingerprint density at radius 3 is 2.54 bits per heavy atom. The van der Waals surface area contributed by atoms with E-state index in [4.69, 9.17) is 4.74 Å². The van der Waals surface area contributed by atoms with E-state index < -0.39 is 23.0 Å². The van der Waals surface area contributed by atoms with Crippen LogP contribution in [0.5, 0.6) is 0 Å². The van der Waals surface area contributed by atoms with Crippen LogP contribution in [0.3, 0.4) is 0 Å². The molecule has 0 radical (unpaired) electrons. The summed E-state index contributed by atoms with van der Waals surface area (Å²) in [5, 5.41) is 12.3. The van der Waals surface area contributed by atoms with Crippen LogP contribution in [0.1, 0.15) is 38.5 Å². The molecule has 0 bridgehead atoms. The summed E-state index contributed by atoms with van der Waals surface area (Å²) in [7, 11) is 1.64. The second kappa shape index (κ2) is 6.33. The van der Waals surface area contributed by atoms with Crippen molar-refractivity contribution in [3.05, 3.63) is 0 Å². The third kappa shape index (κ3) is 2.67. The van der Waals surface area contributed by atoms with Crippen molar-refractivity contribution in [2.75, 3.05) is 33.4 Å². The quantitative estimate of drug-likeness (QED) is 0.694. The van der Waals surface area contributed by atoms with Gasteiger partial charge in [-0.25, -0.2) is 4.79 Å². The van der Waals surface area contributed by atoms with E-state index in [1.807, 2.05) is 0 Å². The summed E-state index contributed by atoms with van der Waals surface area (Å²) in [5.41, 5.74) is -1.59. The fraction of sp³-hybridized carbons (Fsp3) is 0.812. The van der Waals surface area contributed by atoms with E-state index in [1.165, 1.54) is 4.90 Å². The van der Waals surface area contributed by atoms with E-state index >= 15 is 0 Å². The number of likely N-dealkylation sites (N-methyl/N-ethyl adjacent to an activating group) is 1. The molecule has 3 rings (SSSR count). The normalized spacial score (nSPS) is 29.6. The van der Waals surface area contributed by atoms with Crippen LogP contribution in [-0.2, 0) is 14.3 Å². The third-order valence-corrected chi connectivity index (χ3v) is 5.60. The molecular weight excluding hydrogens is 314 g/mol. The lowest BCUT2D eigenvalue weighted by molar-refractivity contribution is -0.137. The molecule has 0 aromatic heterocycles. The lowest BCUT2D eigenvalue weighted by atomic mass is 9.81. The van der Waals surface area contributed by atoms with Crippen LogP contribution in [0.15, 0.2) is 0 Å². The Balaban J connectivity index is 1.69. The Morgan fingerprint density at radius 1 is 1.25 bits per heavy atom. The molecule has 1 saturated carbocycles. The molecule has 2 saturated heterocycles. The largest absolute Gasteiger partial charge is 0.394 e. The van der Waals surface area contributed by atoms with Crippen molar-refractivity contribution in [3.8, 4) is 0 Å². The Labute approximate surface area is 141 Å². The van der Waals surface area contributed by atoms with Gasteiger partial charge in [-0.3, -0.25) is 14.5 Å². The Bertz CT molecular complexity index is 538. The topological polar surface area (TPSA) is 99.2 Å². The summed E-state index contributed by atoms with van der Waals surface area (Å²) >= 11 is 0. The van der Waals surface area contributed by atoms with E-state index in [0.29, 0.717) is 25.9 Å². The van der Waals surface area contributed by atoms with Gasteiger partial charge >= 0.3 is 6.03 Å². The minimum absolute atomic E-state index is 0.232. The zero-order chi connectivity index (χ0) is 17.4. The van der Waals surface area contributed by atoms with Crippen LogP contribution in [-0.4, -0.2) is 77.2 Å². The molecule has 1 unspecified atom stereocenters. The average Bonchev–Trinajstić information content (AvgIpc) is 3.12. The molecular formula is C16H25N3O5. The van der Waals surface area contributed by atoms with Gasteiger partial charge in [0.05, 0.1) is 18.8 Å². The lowest BCUT2D eigenvalue weighted by Gasteiger charge is -2.35. The van der Waals surface area contributed by atoms with Crippen LogP contribution < -0.4 is 5.32 Å². The van der Waals surface area contributed by atoms with Gasteiger partial charge in [-0.2, -0.15) is 0 Å². The molecule has 1 aliphatic carbocycles. The lowest BCUT2D eigenvalue weighted by Crippen LogP contribution is -2.55. The summed E-state index contributed by atoms with van der Waals surface area (Å²) in [5.74, 6) is -0.719. The van der Waals surface area contributed by atoms with E-state index in [-0.39, 0.29) is 25.7 Å². The third-order valence-electron chi connectivity index (χ3n) is 5.60. The monoisotopic (exact) mass is 339 g/mol. The summed E-state index contributed by atoms with van der Waals surface area (Å²) in [6.07, 6.45) is 4.71. The zero-order valence-corrected chi connectivity index (χ0v) is 14.0. The van der Waals surface area contributed by atoms with Crippen molar-refractivity contribution in [1.29, 1.82) is 0 Å². The highest BCUT2D eigenvalue weighted by Crippen LogP contribution is 2.39. The first-order valence-electron chi connectivity index (χ1n) is 8.54. The molecule has 24 heavy (non-hydrogen) atoms. The molecule has 1 atom stereocenters. The number of nitrogens with zero attached hydrogens (tertiary/aromatic N) is 2. The van der Waals surface area contributed by atoms with Crippen molar-refractivity contribution in [2.45, 2.75) is 49.6 Å². The number of aliphatic hydroxyl groups excluding tert-OH is 1. The molecule has 8 nitrogen and oxygen atoms in total. The van der Waals surface area contributed by atoms with Gasteiger partial charge in [0.2, 0.25) is 5.91 Å². The molecule has 1 spiro atoms. The molecule has 3 aliphatic rings. The van der Waals surface area contributed by atoms with Gasteiger partial charge in [0.1, 0.15) is 12.1 Å². The second-order valence-electron chi connectivity index (χ2n) is 7.11. The number of hydrogen-bond acceptors (Lipinski definition) is 5. The smallest absolute Gasteiger partial charge is 0.327 e. The first kappa shape index (κ1) is 17.2. The number of hydrogen-bond donors (Lipinski definition) is 2. The van der Waals surface area contributed by atoms with Gasteiger partial charge in [0, 0.05) is 13.7 Å². The summed E-state index contributed by atoms with van der Waals surface area (Å²) in [6, 6.07) is -0.419. The molecule has 0 aromatic carbocycles. The molecule has 4 amide bonds. The fourth-order valence-electron chi connectivity index (χ4n) is 4.02. The van der Waals surface area contributed by atoms with Gasteiger partial charge < -0.3 is 20.1 Å². The minimum Gasteiger partial charge on any atom is -0.394 e. The van der Waals surface area contributed by atoms with Gasteiger partial charge in [0.25, 0.3) is 5.91 Å². The maximum Gasteiger partial charge on any atom is 0.327 e. The van der Waals surface area contributed by atoms with Gasteiger partial charge in [-0.05, 0) is 19.3 Å². The average molecular weight is 339 g/mol. The van der Waals surface area contributed by atoms with Crippen LogP contribution in [0.4, 0.5) is 4.79 Å². The van der Waals surface area contributed by atoms with Crippen LogP contribution >= 0.6 is 0 Å². The molecule has 134 valence electrons. The van der Waals surface area contributed by atoms with Gasteiger partial charge in [-0.15, -0.1) is 0 Å². The zero-order valence-electron chi connectivity index (χ0n) is 14.0. The van der Waals surface area contributed by atoms with Crippen LogP contribution in [0.25, 0.3) is 0 Å². The predicted molar refractivity (Wildman–Crippen MR) is 84.1 cm³/mol. The van der Waals surface area contributed by atoms with E-state index in [1.54, 1.807) is 7.05 Å². The highest BCUT2D eigenvalue weighted by atomic mass is 16.5. The molecule has 2 heterocycles. The Morgan fingerprint density at radius 2 is 1.96 bits per heavy atom. The molecule has 2 aliphatic heterocycles. The number of urea groups is 1. The fourth-order valence-corrected chi connectivity index (χ4v) is 4.02. The van der Waals surface area contributed by atoms with Gasteiger partial charge in [0.15, 0.2) is 0 Å². The minimum atomic E-state index is -0.808. The first-order chi connectivity index (χ1) is 11.4. The Hall–Kier alpha value is -1.67. The maximum atomic E-state index is 12.8. The number of imide groups is 1. The van der Waals surface area contributed by atoms with Gasteiger partial charge in [-0.1, -0.05) is 19.3 Å². The summed E-state index contributed by atoms with van der Waals surface area (Å²) < 4.78 is 5.24. The number of rotatable bonds is 4. The predicted octanol–water partition coefficient (Wildman–Crippen LogP) is -0.149. The van der Waals surface area contributed by atoms with Crippen molar-refractivity contribution in [1.82, 2.24) is 15.1 Å². The molecule has 0 aromatic rings. The number of carbonyl (C=O) groups is 3. The number of nitrogens with one attached hydrogen (secondary N) is 1. The van der Waals surface area contributed by atoms with E-state index in [2.05, 4.69) is 5.32 Å². The number of ether oxygens (including phenoxy) is 1.